The minimum absolute atomic E-state index is 0.145. The van der Waals surface area contributed by atoms with Crippen LogP contribution in [0.3, 0.4) is 0 Å². The quantitative estimate of drug-likeness (QED) is 0.748. The first-order chi connectivity index (χ1) is 11.8. The van der Waals surface area contributed by atoms with Crippen molar-refractivity contribution in [2.24, 2.45) is 5.92 Å². The number of amides is 1. The molecule has 5 nitrogen and oxygen atoms in total. The highest BCUT2D eigenvalue weighted by atomic mass is 19.1. The lowest BCUT2D eigenvalue weighted by Crippen LogP contribution is -2.52. The van der Waals surface area contributed by atoms with Crippen molar-refractivity contribution < 1.29 is 13.9 Å². The molecule has 0 bridgehead atoms. The Balaban J connectivity index is 1.75. The minimum Gasteiger partial charge on any atom is -0.443 e. The van der Waals surface area contributed by atoms with Gasteiger partial charge in [0.1, 0.15) is 11.4 Å². The molecule has 0 N–H and O–H groups in total. The summed E-state index contributed by atoms with van der Waals surface area (Å²) in [5, 5.41) is 0. The number of rotatable bonds is 1. The standard InChI is InChI=1S/C19H18FN3O2/c1-13-12-23(18(24)25-19(13,2)3)17-21-10-15(11-22-17)5-4-14-6-8-16(20)9-7-14/h6-11,13H,12H2,1-3H3/t13-/m0/s1. The first-order valence-corrected chi connectivity index (χ1v) is 7.95. The van der Waals surface area contributed by atoms with Crippen molar-refractivity contribution in [2.45, 2.75) is 26.4 Å². The van der Waals surface area contributed by atoms with Gasteiger partial charge in [0.15, 0.2) is 0 Å². The molecule has 1 aromatic heterocycles. The smallest absolute Gasteiger partial charge is 0.417 e. The molecule has 0 spiro atoms. The Labute approximate surface area is 145 Å². The van der Waals surface area contributed by atoms with E-state index in [0.29, 0.717) is 23.6 Å². The molecule has 25 heavy (non-hydrogen) atoms. The predicted molar refractivity (Wildman–Crippen MR) is 91.5 cm³/mol. The average Bonchev–Trinajstić information content (AvgIpc) is 2.58. The molecule has 0 saturated carbocycles. The Morgan fingerprint density at radius 1 is 1.16 bits per heavy atom. The highest BCUT2D eigenvalue weighted by Crippen LogP contribution is 2.29. The second-order valence-corrected chi connectivity index (χ2v) is 6.51. The van der Waals surface area contributed by atoms with Gasteiger partial charge in [-0.05, 0) is 38.1 Å². The van der Waals surface area contributed by atoms with Crippen LogP contribution in [0.15, 0.2) is 36.7 Å². The molecular weight excluding hydrogens is 321 g/mol. The van der Waals surface area contributed by atoms with Gasteiger partial charge in [0.25, 0.3) is 0 Å². The van der Waals surface area contributed by atoms with E-state index in [1.807, 2.05) is 20.8 Å². The van der Waals surface area contributed by atoms with Crippen LogP contribution >= 0.6 is 0 Å². The molecule has 6 heteroatoms. The van der Waals surface area contributed by atoms with E-state index in [9.17, 15) is 9.18 Å². The molecule has 1 saturated heterocycles. The summed E-state index contributed by atoms with van der Waals surface area (Å²) < 4.78 is 18.3. The highest BCUT2D eigenvalue weighted by molar-refractivity contribution is 5.86. The van der Waals surface area contributed by atoms with Gasteiger partial charge >= 0.3 is 6.09 Å². The first-order valence-electron chi connectivity index (χ1n) is 7.95. The summed E-state index contributed by atoms with van der Waals surface area (Å²) in [5.74, 6) is 5.96. The molecule has 0 aliphatic carbocycles. The maximum absolute atomic E-state index is 12.9. The molecule has 1 aromatic carbocycles. The van der Waals surface area contributed by atoms with Gasteiger partial charge < -0.3 is 4.74 Å². The maximum atomic E-state index is 12.9. The van der Waals surface area contributed by atoms with E-state index in [1.165, 1.54) is 17.0 Å². The summed E-state index contributed by atoms with van der Waals surface area (Å²) in [7, 11) is 0. The first kappa shape index (κ1) is 16.9. The summed E-state index contributed by atoms with van der Waals surface area (Å²) in [6.45, 7) is 6.29. The summed E-state index contributed by atoms with van der Waals surface area (Å²) in [6, 6.07) is 5.91. The van der Waals surface area contributed by atoms with Crippen molar-refractivity contribution in [1.29, 1.82) is 0 Å². The number of benzene rings is 1. The van der Waals surface area contributed by atoms with Crippen LogP contribution in [0.2, 0.25) is 0 Å². The zero-order valence-electron chi connectivity index (χ0n) is 14.3. The molecule has 0 radical (unpaired) electrons. The monoisotopic (exact) mass is 339 g/mol. The SMILES string of the molecule is C[C@H]1CN(c2ncc(C#Cc3ccc(F)cc3)cn2)C(=O)OC1(C)C. The molecule has 3 rings (SSSR count). The van der Waals surface area contributed by atoms with Crippen LogP contribution in [0.1, 0.15) is 31.9 Å². The van der Waals surface area contributed by atoms with Crippen LogP contribution in [0.4, 0.5) is 15.1 Å². The Hall–Kier alpha value is -2.94. The molecule has 128 valence electrons. The van der Waals surface area contributed by atoms with Crippen molar-refractivity contribution in [2.75, 3.05) is 11.4 Å². The average molecular weight is 339 g/mol. The number of cyclic esters (lactones) is 1. The number of halogens is 1. The number of ether oxygens (including phenoxy) is 1. The van der Waals surface area contributed by atoms with Crippen LogP contribution in [-0.2, 0) is 4.74 Å². The molecule has 2 heterocycles. The van der Waals surface area contributed by atoms with Crippen LogP contribution in [0.25, 0.3) is 0 Å². The van der Waals surface area contributed by atoms with E-state index in [1.54, 1.807) is 24.5 Å². The molecular formula is C19H18FN3O2. The fourth-order valence-electron chi connectivity index (χ4n) is 2.31. The third-order valence-corrected chi connectivity index (χ3v) is 4.29. The lowest BCUT2D eigenvalue weighted by Gasteiger charge is -2.40. The lowest BCUT2D eigenvalue weighted by molar-refractivity contribution is -0.0127. The second kappa shape index (κ2) is 6.52. The molecule has 0 unspecified atom stereocenters. The van der Waals surface area contributed by atoms with Gasteiger partial charge in [0.2, 0.25) is 5.95 Å². The third kappa shape index (κ3) is 3.77. The van der Waals surface area contributed by atoms with Crippen LogP contribution < -0.4 is 4.90 Å². The fourth-order valence-corrected chi connectivity index (χ4v) is 2.31. The zero-order valence-corrected chi connectivity index (χ0v) is 14.3. The van der Waals surface area contributed by atoms with Gasteiger partial charge in [0.05, 0.1) is 5.56 Å². The van der Waals surface area contributed by atoms with Crippen molar-refractivity contribution in [1.82, 2.24) is 9.97 Å². The number of nitrogens with zero attached hydrogens (tertiary/aromatic N) is 3. The van der Waals surface area contributed by atoms with Crippen molar-refractivity contribution in [3.05, 3.63) is 53.6 Å². The number of anilines is 1. The van der Waals surface area contributed by atoms with Gasteiger partial charge in [-0.2, -0.15) is 0 Å². The van der Waals surface area contributed by atoms with Gasteiger partial charge in [0, 0.05) is 30.4 Å². The van der Waals surface area contributed by atoms with Gasteiger partial charge in [-0.3, -0.25) is 0 Å². The summed E-state index contributed by atoms with van der Waals surface area (Å²) in [5.41, 5.74) is 0.793. The van der Waals surface area contributed by atoms with Gasteiger partial charge in [-0.15, -0.1) is 0 Å². The molecule has 1 fully saturated rings. The Morgan fingerprint density at radius 2 is 1.76 bits per heavy atom. The third-order valence-electron chi connectivity index (χ3n) is 4.29. The molecule has 1 aliphatic heterocycles. The van der Waals surface area contributed by atoms with E-state index in [4.69, 9.17) is 4.74 Å². The second-order valence-electron chi connectivity index (χ2n) is 6.51. The molecule has 1 amide bonds. The van der Waals surface area contributed by atoms with E-state index in [0.717, 1.165) is 0 Å². The van der Waals surface area contributed by atoms with Crippen LogP contribution in [0.5, 0.6) is 0 Å². The number of aromatic nitrogens is 2. The lowest BCUT2D eigenvalue weighted by atomic mass is 9.91. The largest absolute Gasteiger partial charge is 0.443 e. The van der Waals surface area contributed by atoms with Gasteiger partial charge in [-0.1, -0.05) is 18.8 Å². The molecule has 1 atom stereocenters. The minimum atomic E-state index is -0.506. The Morgan fingerprint density at radius 3 is 2.40 bits per heavy atom. The number of carbonyl (C=O) groups is 1. The zero-order chi connectivity index (χ0) is 18.0. The Kier molecular flexibility index (Phi) is 4.41. The summed E-state index contributed by atoms with van der Waals surface area (Å²) in [4.78, 5) is 22.0. The number of hydrogen-bond donors (Lipinski definition) is 0. The van der Waals surface area contributed by atoms with Crippen LogP contribution in [-0.4, -0.2) is 28.2 Å². The number of carbonyl (C=O) groups excluding carboxylic acids is 1. The van der Waals surface area contributed by atoms with Crippen molar-refractivity contribution >= 4 is 12.0 Å². The summed E-state index contributed by atoms with van der Waals surface area (Å²) >= 11 is 0. The Bertz CT molecular complexity index is 836. The molecule has 1 aliphatic rings. The van der Waals surface area contributed by atoms with Gasteiger partial charge in [-0.25, -0.2) is 24.1 Å². The van der Waals surface area contributed by atoms with E-state index < -0.39 is 11.7 Å². The fraction of sp³-hybridized carbons (Fsp3) is 0.316. The van der Waals surface area contributed by atoms with E-state index in [2.05, 4.69) is 21.8 Å². The van der Waals surface area contributed by atoms with Crippen molar-refractivity contribution in [3.63, 3.8) is 0 Å². The summed E-state index contributed by atoms with van der Waals surface area (Å²) in [6.07, 6.45) is 2.65. The van der Waals surface area contributed by atoms with Crippen LogP contribution in [0, 0.1) is 23.6 Å². The molecule has 2 aromatic rings. The predicted octanol–water partition coefficient (Wildman–Crippen LogP) is 3.39. The normalized spacial score (nSPS) is 19.0. The maximum Gasteiger partial charge on any atom is 0.417 e. The van der Waals surface area contributed by atoms with E-state index >= 15 is 0 Å². The highest BCUT2D eigenvalue weighted by Gasteiger charge is 2.40. The number of hydrogen-bond acceptors (Lipinski definition) is 4. The van der Waals surface area contributed by atoms with E-state index in [-0.39, 0.29) is 11.7 Å². The van der Waals surface area contributed by atoms with Crippen molar-refractivity contribution in [3.8, 4) is 11.8 Å². The topological polar surface area (TPSA) is 55.3 Å².